The molecule has 1 heterocycles. The summed E-state index contributed by atoms with van der Waals surface area (Å²) in [5, 5.41) is 0. The van der Waals surface area contributed by atoms with Crippen molar-refractivity contribution >= 4 is 5.91 Å². The van der Waals surface area contributed by atoms with Gasteiger partial charge in [-0.05, 0) is 54.2 Å². The molecule has 0 saturated carbocycles. The molecule has 0 atom stereocenters. The first-order chi connectivity index (χ1) is 12.6. The summed E-state index contributed by atoms with van der Waals surface area (Å²) in [6.07, 6.45) is 4.88. The zero-order chi connectivity index (χ0) is 18.4. The number of nitrogens with zero attached hydrogens (tertiary/aromatic N) is 1. The average molecular weight is 350 g/mol. The molecule has 0 N–H and O–H groups in total. The van der Waals surface area contributed by atoms with Crippen molar-refractivity contribution in [3.63, 3.8) is 0 Å². The lowest BCUT2D eigenvalue weighted by atomic mass is 9.90. The summed E-state index contributed by atoms with van der Waals surface area (Å²) in [5.74, 6) is 1.59. The molecule has 3 rings (SSSR count). The number of hydrogen-bond donors (Lipinski definition) is 0. The Morgan fingerprint density at radius 2 is 1.62 bits per heavy atom. The molecule has 2 aromatic rings. The maximum atomic E-state index is 12.5. The summed E-state index contributed by atoms with van der Waals surface area (Å²) >= 11 is 0. The third kappa shape index (κ3) is 5.20. The molecular weight excluding hydrogens is 318 g/mol. The maximum Gasteiger partial charge on any atom is 0.222 e. The fraction of sp³-hybridized carbons (Fsp3) is 0.458. The molecule has 0 spiro atoms. The van der Waals surface area contributed by atoms with Crippen LogP contribution in [0.1, 0.15) is 55.7 Å². The molecule has 0 aromatic heterocycles. The molecule has 0 radical (unpaired) electrons. The molecule has 2 nitrogen and oxygen atoms in total. The van der Waals surface area contributed by atoms with Crippen LogP contribution in [0.2, 0.25) is 0 Å². The van der Waals surface area contributed by atoms with Crippen LogP contribution in [0, 0.1) is 5.92 Å². The molecule has 2 aromatic carbocycles. The first kappa shape index (κ1) is 18.7. The molecule has 0 aliphatic carbocycles. The molecule has 138 valence electrons. The van der Waals surface area contributed by atoms with Gasteiger partial charge in [-0.2, -0.15) is 0 Å². The highest BCUT2D eigenvalue weighted by atomic mass is 16.2. The number of amides is 1. The topological polar surface area (TPSA) is 20.3 Å². The minimum Gasteiger partial charge on any atom is -0.343 e. The zero-order valence-corrected chi connectivity index (χ0v) is 16.2. The number of carbonyl (C=O) groups is 1. The van der Waals surface area contributed by atoms with Crippen LogP contribution in [-0.2, 0) is 17.6 Å². The van der Waals surface area contributed by atoms with Gasteiger partial charge in [0.1, 0.15) is 0 Å². The van der Waals surface area contributed by atoms with Gasteiger partial charge < -0.3 is 4.90 Å². The van der Waals surface area contributed by atoms with Crippen LogP contribution in [0.5, 0.6) is 0 Å². The lowest BCUT2D eigenvalue weighted by Gasteiger charge is -2.32. The van der Waals surface area contributed by atoms with E-state index in [2.05, 4.69) is 73.3 Å². The summed E-state index contributed by atoms with van der Waals surface area (Å²) in [4.78, 5) is 14.6. The standard InChI is InChI=1S/C24H31NO/c1-19(2)23-11-8-20(9-12-23)10-13-24(26)25-16-14-22(15-17-25)18-21-6-4-3-5-7-21/h3-9,11-12,19,22H,10,13-18H2,1-2H3. The van der Waals surface area contributed by atoms with Crippen LogP contribution in [0.4, 0.5) is 0 Å². The molecule has 1 amide bonds. The van der Waals surface area contributed by atoms with Crippen LogP contribution in [-0.4, -0.2) is 23.9 Å². The van der Waals surface area contributed by atoms with Crippen LogP contribution in [0.3, 0.4) is 0 Å². The van der Waals surface area contributed by atoms with Gasteiger partial charge in [0.15, 0.2) is 0 Å². The van der Waals surface area contributed by atoms with Crippen molar-refractivity contribution in [3.8, 4) is 0 Å². The SMILES string of the molecule is CC(C)c1ccc(CCC(=O)N2CCC(Cc3ccccc3)CC2)cc1. The number of rotatable bonds is 6. The molecule has 26 heavy (non-hydrogen) atoms. The van der Waals surface area contributed by atoms with Gasteiger partial charge in [-0.25, -0.2) is 0 Å². The Kier molecular flexibility index (Phi) is 6.49. The highest BCUT2D eigenvalue weighted by molar-refractivity contribution is 5.76. The van der Waals surface area contributed by atoms with Crippen molar-refractivity contribution < 1.29 is 4.79 Å². The Hall–Kier alpha value is -2.09. The highest BCUT2D eigenvalue weighted by Gasteiger charge is 2.22. The van der Waals surface area contributed by atoms with E-state index in [-0.39, 0.29) is 0 Å². The molecule has 2 heteroatoms. The van der Waals surface area contributed by atoms with E-state index in [1.54, 1.807) is 0 Å². The van der Waals surface area contributed by atoms with E-state index in [1.807, 2.05) is 0 Å². The predicted octanol–water partition coefficient (Wildman–Crippen LogP) is 5.22. The van der Waals surface area contributed by atoms with Crippen LogP contribution in [0.25, 0.3) is 0 Å². The van der Waals surface area contributed by atoms with E-state index in [4.69, 9.17) is 0 Å². The van der Waals surface area contributed by atoms with Crippen molar-refractivity contribution in [2.24, 2.45) is 5.92 Å². The van der Waals surface area contributed by atoms with E-state index in [0.29, 0.717) is 24.2 Å². The summed E-state index contributed by atoms with van der Waals surface area (Å²) in [5.41, 5.74) is 4.05. The summed E-state index contributed by atoms with van der Waals surface area (Å²) in [6.45, 7) is 6.26. The number of carbonyl (C=O) groups excluding carboxylic acids is 1. The van der Waals surface area contributed by atoms with Crippen LogP contribution >= 0.6 is 0 Å². The summed E-state index contributed by atoms with van der Waals surface area (Å²) in [7, 11) is 0. The quantitative estimate of drug-likeness (QED) is 0.700. The molecule has 1 aliphatic heterocycles. The van der Waals surface area contributed by atoms with Crippen molar-refractivity contribution in [1.82, 2.24) is 4.90 Å². The van der Waals surface area contributed by atoms with Gasteiger partial charge in [0.2, 0.25) is 5.91 Å². The number of benzene rings is 2. The second-order valence-electron chi connectivity index (χ2n) is 7.91. The minimum atomic E-state index is 0.316. The van der Waals surface area contributed by atoms with Gasteiger partial charge in [-0.3, -0.25) is 4.79 Å². The van der Waals surface area contributed by atoms with Crippen molar-refractivity contribution in [2.75, 3.05) is 13.1 Å². The Balaban J connectivity index is 1.42. The lowest BCUT2D eigenvalue weighted by Crippen LogP contribution is -2.39. The molecular formula is C24H31NO. The third-order valence-electron chi connectivity index (χ3n) is 5.61. The number of piperidine rings is 1. The Morgan fingerprint density at radius 3 is 2.23 bits per heavy atom. The number of aryl methyl sites for hydroxylation is 1. The van der Waals surface area contributed by atoms with Gasteiger partial charge >= 0.3 is 0 Å². The van der Waals surface area contributed by atoms with Crippen molar-refractivity contribution in [2.45, 2.75) is 51.9 Å². The normalized spacial score (nSPS) is 15.4. The van der Waals surface area contributed by atoms with Gasteiger partial charge in [0.05, 0.1) is 0 Å². The Bertz CT molecular complexity index is 682. The number of hydrogen-bond acceptors (Lipinski definition) is 1. The summed E-state index contributed by atoms with van der Waals surface area (Å²) < 4.78 is 0. The summed E-state index contributed by atoms with van der Waals surface area (Å²) in [6, 6.07) is 19.5. The fourth-order valence-corrected chi connectivity index (χ4v) is 3.81. The first-order valence-corrected chi connectivity index (χ1v) is 10.0. The van der Waals surface area contributed by atoms with E-state index < -0.39 is 0 Å². The molecule has 1 fully saturated rings. The molecule has 1 aliphatic rings. The van der Waals surface area contributed by atoms with Gasteiger partial charge in [-0.1, -0.05) is 68.4 Å². The smallest absolute Gasteiger partial charge is 0.222 e. The van der Waals surface area contributed by atoms with Gasteiger partial charge in [0.25, 0.3) is 0 Å². The average Bonchev–Trinajstić information content (AvgIpc) is 2.68. The van der Waals surface area contributed by atoms with E-state index in [9.17, 15) is 4.79 Å². The van der Waals surface area contributed by atoms with Crippen LogP contribution in [0.15, 0.2) is 54.6 Å². The van der Waals surface area contributed by atoms with Crippen molar-refractivity contribution in [1.29, 1.82) is 0 Å². The fourth-order valence-electron chi connectivity index (χ4n) is 3.81. The Labute approximate surface area is 158 Å². The highest BCUT2D eigenvalue weighted by Crippen LogP contribution is 2.22. The first-order valence-electron chi connectivity index (χ1n) is 10.0. The van der Waals surface area contributed by atoms with E-state index >= 15 is 0 Å². The van der Waals surface area contributed by atoms with E-state index in [0.717, 1.165) is 38.8 Å². The molecule has 0 unspecified atom stereocenters. The lowest BCUT2D eigenvalue weighted by molar-refractivity contribution is -0.132. The van der Waals surface area contributed by atoms with Crippen LogP contribution < -0.4 is 0 Å². The third-order valence-corrected chi connectivity index (χ3v) is 5.61. The van der Waals surface area contributed by atoms with Crippen molar-refractivity contribution in [3.05, 3.63) is 71.3 Å². The predicted molar refractivity (Wildman–Crippen MR) is 108 cm³/mol. The second kappa shape index (κ2) is 9.02. The molecule has 1 saturated heterocycles. The zero-order valence-electron chi connectivity index (χ0n) is 16.2. The van der Waals surface area contributed by atoms with Gasteiger partial charge in [-0.15, -0.1) is 0 Å². The second-order valence-corrected chi connectivity index (χ2v) is 7.91. The monoisotopic (exact) mass is 349 g/mol. The number of likely N-dealkylation sites (tertiary alicyclic amines) is 1. The largest absolute Gasteiger partial charge is 0.343 e. The molecule has 0 bridgehead atoms. The Morgan fingerprint density at radius 1 is 0.962 bits per heavy atom. The maximum absolute atomic E-state index is 12.5. The van der Waals surface area contributed by atoms with E-state index in [1.165, 1.54) is 16.7 Å². The minimum absolute atomic E-state index is 0.316. The van der Waals surface area contributed by atoms with Gasteiger partial charge in [0, 0.05) is 19.5 Å².